The lowest BCUT2D eigenvalue weighted by atomic mass is 10.1. The van der Waals surface area contributed by atoms with E-state index < -0.39 is 0 Å². The quantitative estimate of drug-likeness (QED) is 0.288. The number of hydrogen-bond acceptors (Lipinski definition) is 4. The summed E-state index contributed by atoms with van der Waals surface area (Å²) in [6.07, 6.45) is 0. The van der Waals surface area contributed by atoms with E-state index in [2.05, 4.69) is 28.6 Å². The molecule has 2 heterocycles. The van der Waals surface area contributed by atoms with E-state index in [0.29, 0.717) is 18.1 Å². The topological polar surface area (TPSA) is 48.1 Å². The second-order valence-electron chi connectivity index (χ2n) is 2.56. The number of hydrogen-bond donors (Lipinski definition) is 4. The molecule has 0 aromatic carbocycles. The molecule has 4 nitrogen and oxygen atoms in total. The van der Waals surface area contributed by atoms with Gasteiger partial charge in [-0.3, -0.25) is 0 Å². The minimum absolute atomic E-state index is 0.331. The molecule has 0 bridgehead atoms. The van der Waals surface area contributed by atoms with E-state index in [0.717, 1.165) is 6.54 Å². The van der Waals surface area contributed by atoms with E-state index in [1.165, 1.54) is 0 Å². The molecule has 52 valence electrons. The third kappa shape index (κ3) is 0.753. The molecule has 0 aliphatic carbocycles. The molecule has 0 spiro atoms. The van der Waals surface area contributed by atoms with Crippen molar-refractivity contribution in [2.75, 3.05) is 6.54 Å². The van der Waals surface area contributed by atoms with Crippen molar-refractivity contribution in [3.63, 3.8) is 0 Å². The van der Waals surface area contributed by atoms with Crippen molar-refractivity contribution in [2.45, 2.75) is 18.1 Å². The fraction of sp³-hybridized carbons (Fsp3) is 0.800. The Morgan fingerprint density at radius 2 is 2.22 bits per heavy atom. The van der Waals surface area contributed by atoms with Crippen LogP contribution in [0.2, 0.25) is 0 Å². The zero-order chi connectivity index (χ0) is 6.27. The SMILES string of the molecule is [CH2-]C1NCC2NNNC12. The summed E-state index contributed by atoms with van der Waals surface area (Å²) in [5.74, 6) is 0. The van der Waals surface area contributed by atoms with Crippen LogP contribution < -0.4 is 21.7 Å². The lowest BCUT2D eigenvalue weighted by Crippen LogP contribution is -2.42. The Morgan fingerprint density at radius 1 is 1.33 bits per heavy atom. The van der Waals surface area contributed by atoms with E-state index in [1.807, 2.05) is 0 Å². The fourth-order valence-corrected chi connectivity index (χ4v) is 1.37. The van der Waals surface area contributed by atoms with Gasteiger partial charge < -0.3 is 12.2 Å². The average molecular weight is 127 g/mol. The van der Waals surface area contributed by atoms with Crippen LogP contribution in [0.15, 0.2) is 0 Å². The van der Waals surface area contributed by atoms with Crippen LogP contribution in [-0.4, -0.2) is 24.7 Å². The maximum absolute atomic E-state index is 3.93. The van der Waals surface area contributed by atoms with Crippen molar-refractivity contribution in [3.8, 4) is 0 Å². The highest BCUT2D eigenvalue weighted by molar-refractivity contribution is 5.01. The van der Waals surface area contributed by atoms with Gasteiger partial charge >= 0.3 is 0 Å². The molecule has 0 aromatic rings. The maximum atomic E-state index is 3.93. The molecule has 9 heavy (non-hydrogen) atoms. The van der Waals surface area contributed by atoms with Gasteiger partial charge in [-0.1, -0.05) is 0 Å². The molecule has 2 aliphatic heterocycles. The van der Waals surface area contributed by atoms with Gasteiger partial charge in [-0.05, 0) is 0 Å². The number of rotatable bonds is 0. The summed E-state index contributed by atoms with van der Waals surface area (Å²) in [5.41, 5.74) is 9.04. The Labute approximate surface area is 54.3 Å². The third-order valence-electron chi connectivity index (χ3n) is 1.96. The summed E-state index contributed by atoms with van der Waals surface area (Å²) >= 11 is 0. The molecule has 2 saturated heterocycles. The Kier molecular flexibility index (Phi) is 1.19. The van der Waals surface area contributed by atoms with Crippen LogP contribution in [0.3, 0.4) is 0 Å². The minimum Gasteiger partial charge on any atom is -0.340 e. The van der Waals surface area contributed by atoms with Gasteiger partial charge in [0, 0.05) is 12.6 Å². The van der Waals surface area contributed by atoms with Gasteiger partial charge in [0.15, 0.2) is 0 Å². The first kappa shape index (κ1) is 5.61. The van der Waals surface area contributed by atoms with Crippen LogP contribution in [-0.2, 0) is 0 Å². The Morgan fingerprint density at radius 3 is 3.00 bits per heavy atom. The molecule has 4 heteroatoms. The van der Waals surface area contributed by atoms with Crippen molar-refractivity contribution in [1.29, 1.82) is 0 Å². The van der Waals surface area contributed by atoms with Crippen molar-refractivity contribution < 1.29 is 0 Å². The van der Waals surface area contributed by atoms with E-state index in [-0.39, 0.29) is 0 Å². The van der Waals surface area contributed by atoms with Crippen LogP contribution in [0, 0.1) is 6.92 Å². The van der Waals surface area contributed by atoms with Gasteiger partial charge in [0.25, 0.3) is 0 Å². The largest absolute Gasteiger partial charge is 0.340 e. The number of hydrazine groups is 2. The van der Waals surface area contributed by atoms with Crippen molar-refractivity contribution in [3.05, 3.63) is 6.92 Å². The molecule has 0 saturated carbocycles. The molecule has 0 aromatic heterocycles. The molecule has 0 amide bonds. The number of fused-ring (bicyclic) bond motifs is 1. The van der Waals surface area contributed by atoms with Gasteiger partial charge in [0.1, 0.15) is 0 Å². The van der Waals surface area contributed by atoms with E-state index in [9.17, 15) is 0 Å². The Balaban J connectivity index is 2.07. The normalized spacial score (nSPS) is 49.7. The lowest BCUT2D eigenvalue weighted by Gasteiger charge is -2.17. The molecule has 4 N–H and O–H groups in total. The smallest absolute Gasteiger partial charge is 0.0506 e. The Hall–Kier alpha value is -0.160. The van der Waals surface area contributed by atoms with Gasteiger partial charge in [-0.2, -0.15) is 5.53 Å². The van der Waals surface area contributed by atoms with Crippen LogP contribution in [0.25, 0.3) is 0 Å². The average Bonchev–Trinajstić information content (AvgIpc) is 2.35. The van der Waals surface area contributed by atoms with Crippen LogP contribution in [0.4, 0.5) is 0 Å². The highest BCUT2D eigenvalue weighted by Crippen LogP contribution is 2.07. The number of nitrogens with one attached hydrogen (secondary N) is 4. The highest BCUT2D eigenvalue weighted by atomic mass is 15.7. The second kappa shape index (κ2) is 1.91. The summed E-state index contributed by atoms with van der Waals surface area (Å²) in [7, 11) is 0. The first-order valence-corrected chi connectivity index (χ1v) is 3.20. The summed E-state index contributed by atoms with van der Waals surface area (Å²) in [6.45, 7) is 4.93. The minimum atomic E-state index is 0.331. The van der Waals surface area contributed by atoms with Crippen LogP contribution in [0.5, 0.6) is 0 Å². The molecule has 2 aliphatic rings. The summed E-state index contributed by atoms with van der Waals surface area (Å²) in [5, 5.41) is 3.25. The molecule has 2 rings (SSSR count). The summed E-state index contributed by atoms with van der Waals surface area (Å²) in [6, 6.07) is 1.29. The standard InChI is InChI=1S/C5H11N4/c1-3-5-4(2-6-3)7-9-8-5/h3-9H,1-2H2/q-1. The molecule has 2 fully saturated rings. The zero-order valence-corrected chi connectivity index (χ0v) is 5.15. The molecular weight excluding hydrogens is 116 g/mol. The van der Waals surface area contributed by atoms with Crippen LogP contribution in [0.1, 0.15) is 0 Å². The van der Waals surface area contributed by atoms with Crippen LogP contribution >= 0.6 is 0 Å². The monoisotopic (exact) mass is 127 g/mol. The molecule has 3 atom stereocenters. The zero-order valence-electron chi connectivity index (χ0n) is 5.15. The molecule has 3 unspecified atom stereocenters. The lowest BCUT2D eigenvalue weighted by molar-refractivity contribution is 0.490. The molecule has 0 radical (unpaired) electrons. The molecular formula is C5H11N4-. The van der Waals surface area contributed by atoms with Gasteiger partial charge in [0.2, 0.25) is 0 Å². The van der Waals surface area contributed by atoms with Gasteiger partial charge in [0.05, 0.1) is 6.04 Å². The summed E-state index contributed by atoms with van der Waals surface area (Å²) in [4.78, 5) is 0. The van der Waals surface area contributed by atoms with Crippen molar-refractivity contribution >= 4 is 0 Å². The first-order valence-electron chi connectivity index (χ1n) is 3.20. The van der Waals surface area contributed by atoms with Crippen molar-refractivity contribution in [2.24, 2.45) is 0 Å². The van der Waals surface area contributed by atoms with E-state index in [4.69, 9.17) is 0 Å². The van der Waals surface area contributed by atoms with Crippen molar-refractivity contribution in [1.82, 2.24) is 21.7 Å². The summed E-state index contributed by atoms with van der Waals surface area (Å²) < 4.78 is 0. The third-order valence-corrected chi connectivity index (χ3v) is 1.96. The first-order chi connectivity index (χ1) is 4.38. The predicted octanol–water partition coefficient (Wildman–Crippen LogP) is -1.86. The Bertz CT molecular complexity index is 116. The van der Waals surface area contributed by atoms with Gasteiger partial charge in [-0.15, -0.1) is 6.04 Å². The predicted molar refractivity (Wildman–Crippen MR) is 34.1 cm³/mol. The fourth-order valence-electron chi connectivity index (χ4n) is 1.37. The van der Waals surface area contributed by atoms with E-state index >= 15 is 0 Å². The highest BCUT2D eigenvalue weighted by Gasteiger charge is 2.32. The van der Waals surface area contributed by atoms with E-state index in [1.54, 1.807) is 0 Å². The maximum Gasteiger partial charge on any atom is 0.0506 e. The van der Waals surface area contributed by atoms with Gasteiger partial charge in [-0.25, -0.2) is 10.9 Å². The second-order valence-corrected chi connectivity index (χ2v) is 2.56.